The molecule has 8 nitrogen and oxygen atoms in total. The summed E-state index contributed by atoms with van der Waals surface area (Å²) >= 11 is 0. The van der Waals surface area contributed by atoms with Crippen LogP contribution >= 0.6 is 0 Å². The zero-order valence-electron chi connectivity index (χ0n) is 18.2. The van der Waals surface area contributed by atoms with Gasteiger partial charge >= 0.3 is 5.97 Å². The third kappa shape index (κ3) is 4.57. The summed E-state index contributed by atoms with van der Waals surface area (Å²) in [5.41, 5.74) is 2.21. The van der Waals surface area contributed by atoms with Crippen LogP contribution in [0.1, 0.15) is 46.0 Å². The van der Waals surface area contributed by atoms with Gasteiger partial charge in [0.2, 0.25) is 15.8 Å². The molecule has 0 aliphatic carbocycles. The molecule has 9 heteroatoms. The Balaban J connectivity index is 2.26. The number of aryl methyl sites for hydroxylation is 1. The molecule has 0 saturated heterocycles. The smallest absolute Gasteiger partial charge is 0.338 e. The predicted molar refractivity (Wildman–Crippen MR) is 113 cm³/mol. The van der Waals surface area contributed by atoms with Crippen LogP contribution in [0.15, 0.2) is 29.2 Å². The Morgan fingerprint density at radius 1 is 1.10 bits per heavy atom. The first-order valence-electron chi connectivity index (χ1n) is 9.59. The van der Waals surface area contributed by atoms with Gasteiger partial charge < -0.3 is 14.0 Å². The van der Waals surface area contributed by atoms with E-state index in [-0.39, 0.29) is 35.1 Å². The number of hydrogen-bond acceptors (Lipinski definition) is 6. The number of aromatic nitrogens is 1. The van der Waals surface area contributed by atoms with E-state index in [0.717, 1.165) is 11.4 Å². The van der Waals surface area contributed by atoms with Gasteiger partial charge in [-0.3, -0.25) is 4.79 Å². The summed E-state index contributed by atoms with van der Waals surface area (Å²) in [5.74, 6) is -0.980. The summed E-state index contributed by atoms with van der Waals surface area (Å²) in [6.07, 6.45) is 0. The number of nitrogens with zero attached hydrogens (tertiary/aromatic N) is 2. The van der Waals surface area contributed by atoms with Crippen molar-refractivity contribution in [1.82, 2.24) is 8.87 Å². The van der Waals surface area contributed by atoms with Crippen LogP contribution in [-0.4, -0.2) is 55.8 Å². The molecule has 0 spiro atoms. The summed E-state index contributed by atoms with van der Waals surface area (Å²) in [4.78, 5) is 24.8. The number of sulfonamides is 1. The molecule has 0 saturated carbocycles. The third-order valence-electron chi connectivity index (χ3n) is 5.13. The van der Waals surface area contributed by atoms with Gasteiger partial charge in [-0.2, -0.15) is 4.31 Å². The topological polar surface area (TPSA) is 94.9 Å². The van der Waals surface area contributed by atoms with Crippen molar-refractivity contribution < 1.29 is 27.5 Å². The quantitative estimate of drug-likeness (QED) is 0.443. The number of benzene rings is 1. The summed E-state index contributed by atoms with van der Waals surface area (Å²) < 4.78 is 39.3. The largest absolute Gasteiger partial charge is 0.495 e. The Labute approximate surface area is 177 Å². The molecule has 0 N–H and O–H groups in total. The number of methoxy groups -OCH3 is 1. The van der Waals surface area contributed by atoms with E-state index in [9.17, 15) is 18.0 Å². The van der Waals surface area contributed by atoms with Crippen molar-refractivity contribution in [2.45, 2.75) is 32.6 Å². The van der Waals surface area contributed by atoms with Crippen molar-refractivity contribution in [3.63, 3.8) is 0 Å². The Morgan fingerprint density at radius 2 is 1.73 bits per heavy atom. The average Bonchev–Trinajstić information content (AvgIpc) is 2.99. The standard InChI is InChI=1S/C21H28N2O6S/c1-7-23(8-2)30(26,27)20-12-16(9-10-19(20)28-6)21(25)29-13-18(24)17-11-14(3)22(5)15(17)4/h9-12H,7-8,13H2,1-6H3. The van der Waals surface area contributed by atoms with E-state index < -0.39 is 22.6 Å². The number of esters is 1. The highest BCUT2D eigenvalue weighted by Gasteiger charge is 2.27. The molecule has 0 fully saturated rings. The normalized spacial score (nSPS) is 11.6. The van der Waals surface area contributed by atoms with E-state index in [4.69, 9.17) is 9.47 Å². The predicted octanol–water partition coefficient (Wildman–Crippen LogP) is 2.72. The number of carbonyl (C=O) groups is 2. The average molecular weight is 437 g/mol. The SMILES string of the molecule is CCN(CC)S(=O)(=O)c1cc(C(=O)OCC(=O)c2cc(C)n(C)c2C)ccc1OC. The van der Waals surface area contributed by atoms with Gasteiger partial charge in [0.05, 0.1) is 12.7 Å². The van der Waals surface area contributed by atoms with Gasteiger partial charge in [0.25, 0.3) is 0 Å². The minimum atomic E-state index is -3.85. The van der Waals surface area contributed by atoms with E-state index >= 15 is 0 Å². The van der Waals surface area contributed by atoms with Crippen LogP contribution in [0.5, 0.6) is 5.75 Å². The summed E-state index contributed by atoms with van der Waals surface area (Å²) in [6.45, 7) is 7.27. The lowest BCUT2D eigenvalue weighted by Gasteiger charge is -2.20. The zero-order chi connectivity index (χ0) is 22.6. The van der Waals surface area contributed by atoms with E-state index in [0.29, 0.717) is 5.56 Å². The van der Waals surface area contributed by atoms with Gasteiger partial charge in [0.15, 0.2) is 6.61 Å². The van der Waals surface area contributed by atoms with Gasteiger partial charge in [-0.15, -0.1) is 0 Å². The van der Waals surface area contributed by atoms with E-state index in [1.807, 2.05) is 25.5 Å². The van der Waals surface area contributed by atoms with Crippen LogP contribution in [0.3, 0.4) is 0 Å². The molecule has 0 amide bonds. The van der Waals surface area contributed by atoms with Crippen LogP contribution in [0.4, 0.5) is 0 Å². The van der Waals surface area contributed by atoms with Gasteiger partial charge in [-0.25, -0.2) is 13.2 Å². The van der Waals surface area contributed by atoms with Crippen molar-refractivity contribution in [3.05, 3.63) is 46.8 Å². The molecule has 1 aromatic heterocycles. The minimum Gasteiger partial charge on any atom is -0.495 e. The fourth-order valence-corrected chi connectivity index (χ4v) is 4.78. The lowest BCUT2D eigenvalue weighted by Crippen LogP contribution is -2.31. The van der Waals surface area contributed by atoms with Gasteiger partial charge in [-0.1, -0.05) is 13.8 Å². The number of Topliss-reactive ketones (excluding diaryl/α,β-unsaturated/α-hetero) is 1. The molecule has 2 rings (SSSR count). The summed E-state index contributed by atoms with van der Waals surface area (Å²) in [5, 5.41) is 0. The second kappa shape index (κ2) is 9.44. The first-order chi connectivity index (χ1) is 14.1. The highest BCUT2D eigenvalue weighted by molar-refractivity contribution is 7.89. The maximum Gasteiger partial charge on any atom is 0.338 e. The highest BCUT2D eigenvalue weighted by Crippen LogP contribution is 2.28. The van der Waals surface area contributed by atoms with Crippen molar-refractivity contribution in [2.75, 3.05) is 26.8 Å². The van der Waals surface area contributed by atoms with Crippen molar-refractivity contribution in [3.8, 4) is 5.75 Å². The Morgan fingerprint density at radius 3 is 2.23 bits per heavy atom. The molecule has 0 atom stereocenters. The molecular weight excluding hydrogens is 408 g/mol. The van der Waals surface area contributed by atoms with Crippen molar-refractivity contribution in [1.29, 1.82) is 0 Å². The number of carbonyl (C=O) groups excluding carboxylic acids is 2. The van der Waals surface area contributed by atoms with Crippen LogP contribution in [0.2, 0.25) is 0 Å². The Bertz CT molecular complexity index is 1050. The maximum absolute atomic E-state index is 12.9. The first-order valence-corrected chi connectivity index (χ1v) is 11.0. The molecule has 164 valence electrons. The third-order valence-corrected chi connectivity index (χ3v) is 7.20. The second-order valence-corrected chi connectivity index (χ2v) is 8.70. The van der Waals surface area contributed by atoms with E-state index in [1.54, 1.807) is 19.9 Å². The molecule has 1 heterocycles. The van der Waals surface area contributed by atoms with Crippen LogP contribution in [0, 0.1) is 13.8 Å². The molecule has 30 heavy (non-hydrogen) atoms. The van der Waals surface area contributed by atoms with E-state index in [2.05, 4.69) is 0 Å². The van der Waals surface area contributed by atoms with Gasteiger partial charge in [-0.05, 0) is 38.1 Å². The van der Waals surface area contributed by atoms with Crippen LogP contribution < -0.4 is 4.74 Å². The summed E-state index contributed by atoms with van der Waals surface area (Å²) in [7, 11) is -0.643. The number of ether oxygens (including phenoxy) is 2. The second-order valence-electron chi connectivity index (χ2n) is 6.80. The van der Waals surface area contributed by atoms with Crippen LogP contribution in [0.25, 0.3) is 0 Å². The number of rotatable bonds is 9. The first kappa shape index (κ1) is 23.6. The number of hydrogen-bond donors (Lipinski definition) is 0. The molecule has 2 aromatic rings. The molecule has 0 radical (unpaired) electrons. The summed E-state index contributed by atoms with van der Waals surface area (Å²) in [6, 6.07) is 5.77. The zero-order valence-corrected chi connectivity index (χ0v) is 19.0. The van der Waals surface area contributed by atoms with Crippen molar-refractivity contribution >= 4 is 21.8 Å². The molecule has 0 aliphatic heterocycles. The van der Waals surface area contributed by atoms with Gasteiger partial charge in [0, 0.05) is 37.1 Å². The fraction of sp³-hybridized carbons (Fsp3) is 0.429. The highest BCUT2D eigenvalue weighted by atomic mass is 32.2. The monoisotopic (exact) mass is 436 g/mol. The maximum atomic E-state index is 12.9. The Kier molecular flexibility index (Phi) is 7.44. The minimum absolute atomic E-state index is 0.0234. The van der Waals surface area contributed by atoms with Crippen LogP contribution in [-0.2, 0) is 21.8 Å². The molecule has 1 aromatic carbocycles. The van der Waals surface area contributed by atoms with E-state index in [1.165, 1.54) is 29.6 Å². The molecule has 0 bridgehead atoms. The van der Waals surface area contributed by atoms with Crippen molar-refractivity contribution in [2.24, 2.45) is 7.05 Å². The molecule has 0 aliphatic rings. The fourth-order valence-electron chi connectivity index (χ4n) is 3.14. The molecule has 0 unspecified atom stereocenters. The molecular formula is C21H28N2O6S. The Hall–Kier alpha value is -2.65. The number of ketones is 1. The lowest BCUT2D eigenvalue weighted by atomic mass is 10.1. The lowest BCUT2D eigenvalue weighted by molar-refractivity contribution is 0.0474. The van der Waals surface area contributed by atoms with Gasteiger partial charge in [0.1, 0.15) is 10.6 Å².